The molecule has 2 N–H and O–H groups in total. The number of carbonyl (C=O) groups is 3. The maximum atomic E-state index is 12.0. The van der Waals surface area contributed by atoms with Gasteiger partial charge in [0, 0.05) is 5.39 Å². The first-order chi connectivity index (χ1) is 11.8. The largest absolute Gasteiger partial charge is 0.479 e. The summed E-state index contributed by atoms with van der Waals surface area (Å²) >= 11 is 0. The Balaban J connectivity index is 2.22. The van der Waals surface area contributed by atoms with Crippen LogP contribution < -0.4 is 10.1 Å². The van der Waals surface area contributed by atoms with Gasteiger partial charge in [0.2, 0.25) is 5.91 Å². The summed E-state index contributed by atoms with van der Waals surface area (Å²) < 4.78 is 10.8. The minimum absolute atomic E-state index is 0.267. The van der Waals surface area contributed by atoms with Crippen molar-refractivity contribution in [1.29, 1.82) is 5.26 Å². The molecule has 2 rings (SSSR count). The minimum atomic E-state index is -1.37. The van der Waals surface area contributed by atoms with Gasteiger partial charge in [-0.05, 0) is 26.0 Å². The number of nitrogens with zero attached hydrogens (tertiary/aromatic N) is 1. The predicted octanol–water partition coefficient (Wildman–Crippen LogP) is 1.80. The Morgan fingerprint density at radius 3 is 2.72 bits per heavy atom. The molecule has 0 aliphatic rings. The van der Waals surface area contributed by atoms with Crippen LogP contribution in [0.3, 0.4) is 0 Å². The van der Waals surface area contributed by atoms with E-state index in [0.717, 1.165) is 0 Å². The van der Waals surface area contributed by atoms with Crippen LogP contribution in [0.5, 0.6) is 5.75 Å². The minimum Gasteiger partial charge on any atom is -0.479 e. The van der Waals surface area contributed by atoms with Gasteiger partial charge in [-0.3, -0.25) is 9.59 Å². The fourth-order valence-corrected chi connectivity index (χ4v) is 2.22. The molecule has 2 aromatic rings. The average molecular weight is 344 g/mol. The molecule has 8 nitrogen and oxygen atoms in total. The van der Waals surface area contributed by atoms with Crippen molar-refractivity contribution >= 4 is 28.6 Å². The summed E-state index contributed by atoms with van der Waals surface area (Å²) in [6.45, 7) is 2.30. The van der Waals surface area contributed by atoms with Gasteiger partial charge in [0.1, 0.15) is 5.76 Å². The Kier molecular flexibility index (Phi) is 5.39. The number of carboxylic acids is 1. The molecule has 25 heavy (non-hydrogen) atoms. The number of carbonyl (C=O) groups excluding carboxylic acids is 2. The lowest BCUT2D eigenvalue weighted by atomic mass is 10.1. The summed E-state index contributed by atoms with van der Waals surface area (Å²) in [5, 5.41) is 20.8. The molecule has 1 heterocycles. The van der Waals surface area contributed by atoms with Crippen molar-refractivity contribution in [3.63, 3.8) is 0 Å². The van der Waals surface area contributed by atoms with Gasteiger partial charge in [-0.25, -0.2) is 4.79 Å². The van der Waals surface area contributed by atoms with Crippen molar-refractivity contribution < 1.29 is 28.6 Å². The highest BCUT2D eigenvalue weighted by atomic mass is 16.5. The van der Waals surface area contributed by atoms with Crippen molar-refractivity contribution in [1.82, 2.24) is 5.32 Å². The van der Waals surface area contributed by atoms with Gasteiger partial charge in [-0.1, -0.05) is 12.1 Å². The van der Waals surface area contributed by atoms with Crippen LogP contribution in [0.2, 0.25) is 0 Å². The predicted molar refractivity (Wildman–Crippen MR) is 85.7 cm³/mol. The standard InChI is InChI=1S/C17H16N2O6/c1-9(19-17(23)12(7-18)10(2)20)14-6-11-4-3-5-13(16(11)25-14)24-8-15(21)22/h3-6,9,12H,8H2,1-2H3,(H,19,23)(H,21,22). The van der Waals surface area contributed by atoms with E-state index in [9.17, 15) is 14.4 Å². The van der Waals surface area contributed by atoms with Gasteiger partial charge in [0.25, 0.3) is 0 Å². The van der Waals surface area contributed by atoms with Crippen LogP contribution in [0.1, 0.15) is 25.6 Å². The third-order valence-corrected chi connectivity index (χ3v) is 3.46. The van der Waals surface area contributed by atoms with Crippen molar-refractivity contribution in [2.75, 3.05) is 6.61 Å². The molecule has 0 saturated carbocycles. The third-order valence-electron chi connectivity index (χ3n) is 3.46. The van der Waals surface area contributed by atoms with E-state index in [0.29, 0.717) is 16.7 Å². The van der Waals surface area contributed by atoms with Crippen molar-refractivity contribution in [3.05, 3.63) is 30.0 Å². The normalized spacial score (nSPS) is 12.8. The second-order valence-electron chi connectivity index (χ2n) is 5.41. The van der Waals surface area contributed by atoms with Gasteiger partial charge in [-0.2, -0.15) is 5.26 Å². The number of fused-ring (bicyclic) bond motifs is 1. The molecule has 130 valence electrons. The number of furan rings is 1. The van der Waals surface area contributed by atoms with E-state index in [4.69, 9.17) is 19.5 Å². The number of nitrogens with one attached hydrogen (secondary N) is 1. The molecule has 1 aromatic heterocycles. The highest BCUT2D eigenvalue weighted by Crippen LogP contribution is 2.31. The molecule has 0 radical (unpaired) electrons. The number of Topliss-reactive ketones (excluding diaryl/α,β-unsaturated/α-hetero) is 1. The number of hydrogen-bond acceptors (Lipinski definition) is 6. The molecule has 0 spiro atoms. The number of nitriles is 1. The first-order valence-corrected chi connectivity index (χ1v) is 7.41. The third kappa shape index (κ3) is 4.14. The van der Waals surface area contributed by atoms with Gasteiger partial charge < -0.3 is 19.6 Å². The lowest BCUT2D eigenvalue weighted by Gasteiger charge is -2.13. The van der Waals surface area contributed by atoms with Crippen LogP contribution in [-0.2, 0) is 14.4 Å². The van der Waals surface area contributed by atoms with Crippen molar-refractivity contribution in [3.8, 4) is 11.8 Å². The first-order valence-electron chi connectivity index (χ1n) is 7.41. The summed E-state index contributed by atoms with van der Waals surface area (Å²) in [5.41, 5.74) is 0.350. The highest BCUT2D eigenvalue weighted by molar-refractivity contribution is 6.03. The van der Waals surface area contributed by atoms with E-state index in [2.05, 4.69) is 5.32 Å². The second kappa shape index (κ2) is 7.49. The second-order valence-corrected chi connectivity index (χ2v) is 5.41. The summed E-state index contributed by atoms with van der Waals surface area (Å²) in [6.07, 6.45) is 0. The zero-order valence-corrected chi connectivity index (χ0v) is 13.6. The maximum Gasteiger partial charge on any atom is 0.341 e. The monoisotopic (exact) mass is 344 g/mol. The van der Waals surface area contributed by atoms with E-state index in [1.807, 2.05) is 0 Å². The number of carboxylic acid groups (broad SMARTS) is 1. The van der Waals surface area contributed by atoms with E-state index in [-0.39, 0.29) is 5.75 Å². The molecule has 8 heteroatoms. The summed E-state index contributed by atoms with van der Waals surface area (Å²) in [5.74, 6) is -3.08. The Hall–Kier alpha value is -3.34. The van der Waals surface area contributed by atoms with Crippen LogP contribution in [0.15, 0.2) is 28.7 Å². The number of rotatable bonds is 7. The number of benzene rings is 1. The van der Waals surface area contributed by atoms with Crippen LogP contribution in [0, 0.1) is 17.2 Å². The molecule has 0 aliphatic heterocycles. The molecular weight excluding hydrogens is 328 g/mol. The number of ketones is 1. The van der Waals surface area contributed by atoms with Gasteiger partial charge in [0.15, 0.2) is 29.6 Å². The number of aliphatic carboxylic acids is 1. The summed E-state index contributed by atoms with van der Waals surface area (Å²) in [7, 11) is 0. The smallest absolute Gasteiger partial charge is 0.341 e. The van der Waals surface area contributed by atoms with Crippen molar-refractivity contribution in [2.45, 2.75) is 19.9 Å². The fraction of sp³-hybridized carbons (Fsp3) is 0.294. The number of ether oxygens (including phenoxy) is 1. The van der Waals surface area contributed by atoms with Gasteiger partial charge in [0.05, 0.1) is 12.1 Å². The van der Waals surface area contributed by atoms with E-state index >= 15 is 0 Å². The van der Waals surface area contributed by atoms with Gasteiger partial charge in [-0.15, -0.1) is 0 Å². The summed E-state index contributed by atoms with van der Waals surface area (Å²) in [6, 6.07) is 7.73. The number of para-hydroxylation sites is 1. The molecular formula is C17H16N2O6. The summed E-state index contributed by atoms with van der Waals surface area (Å²) in [4.78, 5) is 33.9. The fourth-order valence-electron chi connectivity index (χ4n) is 2.22. The topological polar surface area (TPSA) is 130 Å². The molecule has 1 amide bonds. The molecule has 0 bridgehead atoms. The first kappa shape index (κ1) is 18.0. The number of amides is 1. The van der Waals surface area contributed by atoms with Crippen LogP contribution in [0.4, 0.5) is 0 Å². The molecule has 2 atom stereocenters. The molecule has 1 aromatic carbocycles. The van der Waals surface area contributed by atoms with Crippen LogP contribution >= 0.6 is 0 Å². The lowest BCUT2D eigenvalue weighted by molar-refractivity contribution is -0.139. The van der Waals surface area contributed by atoms with E-state index in [1.165, 1.54) is 6.92 Å². The zero-order chi connectivity index (χ0) is 18.6. The maximum absolute atomic E-state index is 12.0. The molecule has 0 saturated heterocycles. The highest BCUT2D eigenvalue weighted by Gasteiger charge is 2.25. The van der Waals surface area contributed by atoms with Crippen LogP contribution in [0.25, 0.3) is 11.0 Å². The Labute approximate surface area is 143 Å². The SMILES string of the molecule is CC(=O)C(C#N)C(=O)NC(C)c1cc2cccc(OCC(=O)O)c2o1. The molecule has 2 unspecified atom stereocenters. The Morgan fingerprint density at radius 1 is 1.40 bits per heavy atom. The van der Waals surface area contributed by atoms with Crippen molar-refractivity contribution in [2.24, 2.45) is 5.92 Å². The molecule has 0 aliphatic carbocycles. The van der Waals surface area contributed by atoms with E-state index < -0.39 is 36.2 Å². The number of hydrogen-bond donors (Lipinski definition) is 2. The van der Waals surface area contributed by atoms with Gasteiger partial charge >= 0.3 is 5.97 Å². The average Bonchev–Trinajstić information content (AvgIpc) is 2.97. The van der Waals surface area contributed by atoms with E-state index in [1.54, 1.807) is 37.3 Å². The zero-order valence-electron chi connectivity index (χ0n) is 13.6. The quantitative estimate of drug-likeness (QED) is 0.732. The Bertz CT molecular complexity index is 864. The molecule has 0 fully saturated rings. The Morgan fingerprint density at radius 2 is 2.12 bits per heavy atom. The van der Waals surface area contributed by atoms with Crippen LogP contribution in [-0.4, -0.2) is 29.4 Å². The lowest BCUT2D eigenvalue weighted by Crippen LogP contribution is -2.35.